The first-order valence-electron chi connectivity index (χ1n) is 7.41. The highest BCUT2D eigenvalue weighted by molar-refractivity contribution is 5.49. The van der Waals surface area contributed by atoms with Gasteiger partial charge in [-0.25, -0.2) is 0 Å². The van der Waals surface area contributed by atoms with Crippen molar-refractivity contribution >= 4 is 5.69 Å². The van der Waals surface area contributed by atoms with E-state index >= 15 is 0 Å². The van der Waals surface area contributed by atoms with Crippen molar-refractivity contribution in [2.75, 3.05) is 26.1 Å². The molecule has 1 aromatic rings. The van der Waals surface area contributed by atoms with Gasteiger partial charge in [-0.2, -0.15) is 0 Å². The van der Waals surface area contributed by atoms with Crippen molar-refractivity contribution in [1.29, 1.82) is 0 Å². The first-order chi connectivity index (χ1) is 9.65. The van der Waals surface area contributed by atoms with Gasteiger partial charge >= 0.3 is 0 Å². The molecule has 4 heteroatoms. The van der Waals surface area contributed by atoms with Crippen LogP contribution in [0.3, 0.4) is 0 Å². The van der Waals surface area contributed by atoms with E-state index in [1.54, 1.807) is 7.11 Å². The fourth-order valence-electron chi connectivity index (χ4n) is 3.82. The molecule has 0 aromatic heterocycles. The number of aliphatic hydroxyl groups is 1. The van der Waals surface area contributed by atoms with Crippen LogP contribution >= 0.6 is 0 Å². The molecule has 0 amide bonds. The molecule has 1 aromatic carbocycles. The Labute approximate surface area is 120 Å². The molecule has 2 atom stereocenters. The summed E-state index contributed by atoms with van der Waals surface area (Å²) in [4.78, 5) is 2.49. The van der Waals surface area contributed by atoms with Gasteiger partial charge in [0.2, 0.25) is 0 Å². The number of ether oxygens (including phenoxy) is 1. The van der Waals surface area contributed by atoms with Gasteiger partial charge in [-0.1, -0.05) is 0 Å². The van der Waals surface area contributed by atoms with Gasteiger partial charge in [0.15, 0.2) is 0 Å². The second-order valence-corrected chi connectivity index (χ2v) is 6.25. The minimum absolute atomic E-state index is 0.174. The minimum atomic E-state index is -0.174. The number of piperidine rings is 1. The van der Waals surface area contributed by atoms with Crippen molar-refractivity contribution in [3.8, 4) is 5.75 Å². The van der Waals surface area contributed by atoms with Gasteiger partial charge in [0.05, 0.1) is 19.3 Å². The summed E-state index contributed by atoms with van der Waals surface area (Å²) in [6.45, 7) is 0.194. The van der Waals surface area contributed by atoms with E-state index in [-0.39, 0.29) is 12.1 Å². The van der Waals surface area contributed by atoms with Crippen molar-refractivity contribution in [3.05, 3.63) is 24.3 Å². The van der Waals surface area contributed by atoms with E-state index in [1.807, 2.05) is 24.3 Å². The normalized spacial score (nSPS) is 33.1. The van der Waals surface area contributed by atoms with Gasteiger partial charge in [0.25, 0.3) is 0 Å². The van der Waals surface area contributed by atoms with Crippen molar-refractivity contribution in [1.82, 2.24) is 4.90 Å². The molecule has 0 saturated carbocycles. The lowest BCUT2D eigenvalue weighted by atomic mass is 9.83. The third-order valence-electron chi connectivity index (χ3n) is 5.04. The quantitative estimate of drug-likeness (QED) is 0.884. The Hall–Kier alpha value is -1.26. The Kier molecular flexibility index (Phi) is 3.61. The summed E-state index contributed by atoms with van der Waals surface area (Å²) in [7, 11) is 3.89. The monoisotopic (exact) mass is 276 g/mol. The maximum atomic E-state index is 9.95. The Bertz CT molecular complexity index is 446. The molecule has 20 heavy (non-hydrogen) atoms. The number of benzene rings is 1. The third-order valence-corrected chi connectivity index (χ3v) is 5.04. The van der Waals surface area contributed by atoms with E-state index in [1.165, 1.54) is 12.8 Å². The lowest BCUT2D eigenvalue weighted by Crippen LogP contribution is -2.55. The fraction of sp³-hybridized carbons (Fsp3) is 0.625. The molecule has 2 unspecified atom stereocenters. The average Bonchev–Trinajstić information content (AvgIpc) is 2.71. The SMILES string of the molecule is COc1ccc(NC2(CO)CC3CCC(C2)N3C)cc1. The number of fused-ring (bicyclic) bond motifs is 2. The largest absolute Gasteiger partial charge is 0.497 e. The van der Waals surface area contributed by atoms with E-state index in [0.29, 0.717) is 12.1 Å². The highest BCUT2D eigenvalue weighted by atomic mass is 16.5. The fourth-order valence-corrected chi connectivity index (χ4v) is 3.82. The molecular formula is C16H24N2O2. The van der Waals surface area contributed by atoms with Gasteiger partial charge in [0.1, 0.15) is 5.75 Å². The van der Waals surface area contributed by atoms with Crippen LogP contribution in [0.5, 0.6) is 5.75 Å². The summed E-state index contributed by atoms with van der Waals surface area (Å²) < 4.78 is 5.18. The molecule has 2 saturated heterocycles. The van der Waals surface area contributed by atoms with Crippen molar-refractivity contribution in [2.24, 2.45) is 0 Å². The first kappa shape index (κ1) is 13.7. The standard InChI is InChI=1S/C16H24N2O2/c1-18-13-5-6-14(18)10-16(9-13,11-19)17-12-3-7-15(20-2)8-4-12/h3-4,7-8,13-14,17,19H,5-6,9-11H2,1-2H3. The number of rotatable bonds is 4. The van der Waals surface area contributed by atoms with Crippen molar-refractivity contribution < 1.29 is 9.84 Å². The summed E-state index contributed by atoms with van der Waals surface area (Å²) in [6.07, 6.45) is 4.55. The van der Waals surface area contributed by atoms with Crippen molar-refractivity contribution in [2.45, 2.75) is 43.3 Å². The van der Waals surface area contributed by atoms with Gasteiger partial charge in [-0.05, 0) is 57.0 Å². The summed E-state index contributed by atoms with van der Waals surface area (Å²) in [5, 5.41) is 13.5. The number of nitrogens with one attached hydrogen (secondary N) is 1. The Morgan fingerprint density at radius 1 is 1.25 bits per heavy atom. The van der Waals surface area contributed by atoms with Gasteiger partial charge in [-0.15, -0.1) is 0 Å². The molecule has 2 aliphatic heterocycles. The highest BCUT2D eigenvalue weighted by Crippen LogP contribution is 2.41. The lowest BCUT2D eigenvalue weighted by molar-refractivity contribution is 0.0833. The van der Waals surface area contributed by atoms with Crippen LogP contribution in [-0.4, -0.2) is 48.4 Å². The maximum Gasteiger partial charge on any atom is 0.119 e. The predicted molar refractivity (Wildman–Crippen MR) is 80.2 cm³/mol. The molecule has 2 aliphatic rings. The number of methoxy groups -OCH3 is 1. The zero-order valence-corrected chi connectivity index (χ0v) is 12.3. The molecule has 0 radical (unpaired) electrons. The minimum Gasteiger partial charge on any atom is -0.497 e. The molecule has 2 N–H and O–H groups in total. The number of aliphatic hydroxyl groups excluding tert-OH is 1. The van der Waals surface area contributed by atoms with Crippen molar-refractivity contribution in [3.63, 3.8) is 0 Å². The molecule has 0 aliphatic carbocycles. The third kappa shape index (κ3) is 2.38. The Morgan fingerprint density at radius 3 is 2.35 bits per heavy atom. The van der Waals surface area contributed by atoms with E-state index in [4.69, 9.17) is 4.74 Å². The van der Waals surface area contributed by atoms with Crippen LogP contribution in [0.1, 0.15) is 25.7 Å². The lowest BCUT2D eigenvalue weighted by Gasteiger charge is -2.45. The number of hydrogen-bond acceptors (Lipinski definition) is 4. The van der Waals surface area contributed by atoms with E-state index in [2.05, 4.69) is 17.3 Å². The Balaban J connectivity index is 1.76. The zero-order chi connectivity index (χ0) is 14.2. The highest BCUT2D eigenvalue weighted by Gasteiger charge is 2.46. The van der Waals surface area contributed by atoms with E-state index in [9.17, 15) is 5.11 Å². The molecule has 4 nitrogen and oxygen atoms in total. The summed E-state index contributed by atoms with van der Waals surface area (Å²) in [6, 6.07) is 9.17. The van der Waals surface area contributed by atoms with Crippen LogP contribution < -0.4 is 10.1 Å². The van der Waals surface area contributed by atoms with Crippen LogP contribution in [0.15, 0.2) is 24.3 Å². The summed E-state index contributed by atoms with van der Waals surface area (Å²) in [5.74, 6) is 0.858. The van der Waals surface area contributed by atoms with Gasteiger partial charge < -0.3 is 20.1 Å². The van der Waals surface area contributed by atoms with E-state index < -0.39 is 0 Å². The van der Waals surface area contributed by atoms with Crippen LogP contribution in [-0.2, 0) is 0 Å². The molecular weight excluding hydrogens is 252 g/mol. The van der Waals surface area contributed by atoms with E-state index in [0.717, 1.165) is 24.3 Å². The Morgan fingerprint density at radius 2 is 1.85 bits per heavy atom. The van der Waals surface area contributed by atoms with Crippen LogP contribution in [0.25, 0.3) is 0 Å². The second-order valence-electron chi connectivity index (χ2n) is 6.25. The number of nitrogens with zero attached hydrogens (tertiary/aromatic N) is 1. The van der Waals surface area contributed by atoms with Gasteiger partial charge in [-0.3, -0.25) is 0 Å². The maximum absolute atomic E-state index is 9.95. The van der Waals surface area contributed by atoms with Crippen LogP contribution in [0, 0.1) is 0 Å². The number of hydrogen-bond donors (Lipinski definition) is 2. The first-order valence-corrected chi connectivity index (χ1v) is 7.41. The smallest absolute Gasteiger partial charge is 0.119 e. The molecule has 2 fully saturated rings. The molecule has 3 rings (SSSR count). The zero-order valence-electron chi connectivity index (χ0n) is 12.3. The summed E-state index contributed by atoms with van der Waals surface area (Å²) in [5.41, 5.74) is 0.885. The van der Waals surface area contributed by atoms with Crippen LogP contribution in [0.2, 0.25) is 0 Å². The average molecular weight is 276 g/mol. The van der Waals surface area contributed by atoms with Gasteiger partial charge in [0, 0.05) is 17.8 Å². The van der Waals surface area contributed by atoms with Crippen LogP contribution in [0.4, 0.5) is 5.69 Å². The topological polar surface area (TPSA) is 44.7 Å². The predicted octanol–water partition coefficient (Wildman–Crippen LogP) is 2.09. The molecule has 2 heterocycles. The second kappa shape index (κ2) is 5.26. The number of anilines is 1. The molecule has 110 valence electrons. The molecule has 0 spiro atoms. The molecule has 2 bridgehead atoms. The summed E-state index contributed by atoms with van der Waals surface area (Å²) >= 11 is 0.